The average Bonchev–Trinajstić information content (AvgIpc) is 2.49. The zero-order valence-electron chi connectivity index (χ0n) is 8.30. The van der Waals surface area contributed by atoms with Crippen molar-refractivity contribution in [2.24, 2.45) is 0 Å². The second-order valence-corrected chi connectivity index (χ2v) is 3.03. The van der Waals surface area contributed by atoms with Crippen LogP contribution in [0.15, 0.2) is 24.8 Å². The first-order valence-electron chi connectivity index (χ1n) is 4.40. The summed E-state index contributed by atoms with van der Waals surface area (Å²) in [7, 11) is 0. The predicted molar refractivity (Wildman–Crippen MR) is 51.6 cm³/mol. The molecule has 0 N–H and O–H groups in total. The van der Waals surface area contributed by atoms with E-state index in [9.17, 15) is 14.4 Å². The van der Waals surface area contributed by atoms with Gasteiger partial charge in [0.15, 0.2) is 0 Å². The smallest absolute Gasteiger partial charge is 0.326 e. The van der Waals surface area contributed by atoms with Crippen molar-refractivity contribution in [3.63, 3.8) is 0 Å². The maximum Gasteiger partial charge on any atom is 0.326 e. The zero-order chi connectivity index (χ0) is 11.4. The van der Waals surface area contributed by atoms with E-state index in [1.54, 1.807) is 6.92 Å². The van der Waals surface area contributed by atoms with Gasteiger partial charge in [0.1, 0.15) is 12.6 Å². The van der Waals surface area contributed by atoms with Crippen LogP contribution in [0.5, 0.6) is 0 Å². The molecular weight excluding hydrogens is 198 g/mol. The lowest BCUT2D eigenvalue weighted by Gasteiger charge is -2.14. The summed E-state index contributed by atoms with van der Waals surface area (Å²) in [4.78, 5) is 34.2. The van der Waals surface area contributed by atoms with E-state index in [0.717, 1.165) is 17.1 Å². The van der Waals surface area contributed by atoms with Gasteiger partial charge in [0.2, 0.25) is 0 Å². The minimum Gasteiger partial charge on any atom is -0.457 e. The third-order valence-electron chi connectivity index (χ3n) is 1.84. The number of amides is 2. The van der Waals surface area contributed by atoms with Gasteiger partial charge in [-0.15, -0.1) is 0 Å². The van der Waals surface area contributed by atoms with Crippen molar-refractivity contribution < 1.29 is 19.1 Å². The van der Waals surface area contributed by atoms with Gasteiger partial charge in [-0.25, -0.2) is 0 Å². The molecule has 1 rings (SSSR count). The maximum absolute atomic E-state index is 11.2. The monoisotopic (exact) mass is 209 g/mol. The number of nitrogens with zero attached hydrogens (tertiary/aromatic N) is 1. The summed E-state index contributed by atoms with van der Waals surface area (Å²) in [5.41, 5.74) is 0. The molecule has 0 spiro atoms. The van der Waals surface area contributed by atoms with Crippen LogP contribution in [-0.4, -0.2) is 35.3 Å². The van der Waals surface area contributed by atoms with Gasteiger partial charge in [-0.1, -0.05) is 12.7 Å². The van der Waals surface area contributed by atoms with Gasteiger partial charge in [-0.05, 0) is 6.92 Å². The van der Waals surface area contributed by atoms with Crippen molar-refractivity contribution in [2.45, 2.75) is 13.0 Å². The average molecular weight is 209 g/mol. The molecule has 5 heteroatoms. The molecule has 0 saturated carbocycles. The number of ether oxygens (including phenoxy) is 1. The second kappa shape index (κ2) is 4.54. The molecule has 0 aliphatic carbocycles. The summed E-state index contributed by atoms with van der Waals surface area (Å²) >= 11 is 0. The molecule has 1 atom stereocenters. The Labute approximate surface area is 87.0 Å². The van der Waals surface area contributed by atoms with Crippen molar-refractivity contribution in [2.75, 3.05) is 6.54 Å². The van der Waals surface area contributed by atoms with Crippen LogP contribution in [0.25, 0.3) is 0 Å². The minimum absolute atomic E-state index is 0.358. The van der Waals surface area contributed by atoms with Crippen LogP contribution in [0.4, 0.5) is 0 Å². The molecule has 0 aromatic rings. The third kappa shape index (κ3) is 2.77. The van der Waals surface area contributed by atoms with Crippen LogP contribution in [-0.2, 0) is 19.1 Å². The van der Waals surface area contributed by atoms with Gasteiger partial charge in [0, 0.05) is 12.2 Å². The maximum atomic E-state index is 11.2. The van der Waals surface area contributed by atoms with E-state index < -0.39 is 23.9 Å². The number of carbonyl (C=O) groups is 3. The zero-order valence-corrected chi connectivity index (χ0v) is 8.30. The van der Waals surface area contributed by atoms with Crippen LogP contribution < -0.4 is 0 Å². The Hall–Kier alpha value is -1.91. The van der Waals surface area contributed by atoms with E-state index in [1.165, 1.54) is 6.08 Å². The number of imide groups is 1. The van der Waals surface area contributed by atoms with E-state index in [4.69, 9.17) is 4.74 Å². The van der Waals surface area contributed by atoms with Crippen molar-refractivity contribution in [3.8, 4) is 0 Å². The van der Waals surface area contributed by atoms with Crippen LogP contribution in [0.3, 0.4) is 0 Å². The van der Waals surface area contributed by atoms with Gasteiger partial charge in [-0.2, -0.15) is 0 Å². The largest absolute Gasteiger partial charge is 0.457 e. The highest BCUT2D eigenvalue weighted by Gasteiger charge is 2.26. The molecular formula is C10H11NO4. The molecule has 0 radical (unpaired) electrons. The van der Waals surface area contributed by atoms with E-state index in [1.807, 2.05) is 0 Å². The highest BCUT2D eigenvalue weighted by atomic mass is 16.5. The summed E-state index contributed by atoms with van der Waals surface area (Å²) in [6, 6.07) is 0. The van der Waals surface area contributed by atoms with Crippen molar-refractivity contribution in [1.82, 2.24) is 4.90 Å². The van der Waals surface area contributed by atoms with Gasteiger partial charge >= 0.3 is 5.97 Å². The summed E-state index contributed by atoms with van der Waals surface area (Å²) in [5.74, 6) is -1.63. The quantitative estimate of drug-likeness (QED) is 0.372. The Balaban J connectivity index is 2.48. The highest BCUT2D eigenvalue weighted by molar-refractivity contribution is 6.14. The van der Waals surface area contributed by atoms with Crippen molar-refractivity contribution >= 4 is 17.8 Å². The molecule has 80 valence electrons. The standard InChI is InChI=1S/C10H11NO4/c1-3-7(2)15-10(14)6-11-8(12)4-5-9(11)13/h3-5,7H,1,6H2,2H3. The van der Waals surface area contributed by atoms with Gasteiger partial charge in [-0.3, -0.25) is 19.3 Å². The fraction of sp³-hybridized carbons (Fsp3) is 0.300. The molecule has 1 aliphatic heterocycles. The molecule has 1 aliphatic rings. The lowest BCUT2D eigenvalue weighted by molar-refractivity contribution is -0.153. The molecule has 1 heterocycles. The van der Waals surface area contributed by atoms with Crippen LogP contribution in [0, 0.1) is 0 Å². The van der Waals surface area contributed by atoms with E-state index in [0.29, 0.717) is 0 Å². The van der Waals surface area contributed by atoms with Crippen molar-refractivity contribution in [3.05, 3.63) is 24.8 Å². The first-order chi connectivity index (χ1) is 7.04. The summed E-state index contributed by atoms with van der Waals surface area (Å²) in [5, 5.41) is 0. The molecule has 0 aromatic heterocycles. The van der Waals surface area contributed by atoms with Gasteiger partial charge < -0.3 is 4.74 Å². The molecule has 0 fully saturated rings. The molecule has 0 bridgehead atoms. The number of hydrogen-bond donors (Lipinski definition) is 0. The fourth-order valence-electron chi connectivity index (χ4n) is 1.01. The lowest BCUT2D eigenvalue weighted by atomic mass is 10.4. The molecule has 2 amide bonds. The number of esters is 1. The number of rotatable bonds is 4. The number of carbonyl (C=O) groups excluding carboxylic acids is 3. The Morgan fingerprint density at radius 3 is 2.53 bits per heavy atom. The highest BCUT2D eigenvalue weighted by Crippen LogP contribution is 2.04. The van der Waals surface area contributed by atoms with Crippen LogP contribution >= 0.6 is 0 Å². The van der Waals surface area contributed by atoms with Crippen molar-refractivity contribution in [1.29, 1.82) is 0 Å². The Morgan fingerprint density at radius 2 is 2.07 bits per heavy atom. The second-order valence-electron chi connectivity index (χ2n) is 3.03. The molecule has 0 aromatic carbocycles. The lowest BCUT2D eigenvalue weighted by Crippen LogP contribution is -2.36. The minimum atomic E-state index is -0.632. The predicted octanol–water partition coefficient (Wildman–Crippen LogP) is 0.0291. The van der Waals surface area contributed by atoms with E-state index in [2.05, 4.69) is 6.58 Å². The van der Waals surface area contributed by atoms with Crippen LogP contribution in [0.2, 0.25) is 0 Å². The Kier molecular flexibility index (Phi) is 3.38. The van der Waals surface area contributed by atoms with Gasteiger partial charge in [0.05, 0.1) is 0 Å². The topological polar surface area (TPSA) is 63.7 Å². The molecule has 15 heavy (non-hydrogen) atoms. The fourth-order valence-corrected chi connectivity index (χ4v) is 1.01. The Morgan fingerprint density at radius 1 is 1.53 bits per heavy atom. The molecule has 5 nitrogen and oxygen atoms in total. The normalized spacial score (nSPS) is 16.7. The summed E-state index contributed by atoms with van der Waals surface area (Å²) in [6.07, 6.45) is 3.25. The van der Waals surface area contributed by atoms with E-state index >= 15 is 0 Å². The summed E-state index contributed by atoms with van der Waals surface area (Å²) in [6.45, 7) is 4.72. The Bertz CT molecular complexity index is 327. The first kappa shape index (κ1) is 11.2. The third-order valence-corrected chi connectivity index (χ3v) is 1.84. The SMILES string of the molecule is C=CC(C)OC(=O)CN1C(=O)C=CC1=O. The van der Waals surface area contributed by atoms with Crippen LogP contribution in [0.1, 0.15) is 6.92 Å². The molecule has 0 saturated heterocycles. The van der Waals surface area contributed by atoms with Gasteiger partial charge in [0.25, 0.3) is 11.8 Å². The molecule has 1 unspecified atom stereocenters. The summed E-state index contributed by atoms with van der Waals surface area (Å²) < 4.78 is 4.83. The van der Waals surface area contributed by atoms with E-state index in [-0.39, 0.29) is 6.54 Å². The first-order valence-corrected chi connectivity index (χ1v) is 4.40. The number of hydrogen-bond acceptors (Lipinski definition) is 4.